The monoisotopic (exact) mass is 273 g/mol. The lowest BCUT2D eigenvalue weighted by molar-refractivity contribution is 0.677. The molecule has 1 N–H and O–H groups in total. The van der Waals surface area contributed by atoms with E-state index in [9.17, 15) is 0 Å². The van der Waals surface area contributed by atoms with Gasteiger partial charge in [0, 0.05) is 30.7 Å². The summed E-state index contributed by atoms with van der Waals surface area (Å²) in [7, 11) is 2.07. The lowest BCUT2D eigenvalue weighted by Gasteiger charge is -2.15. The molecule has 0 amide bonds. The van der Waals surface area contributed by atoms with E-state index in [4.69, 9.17) is 4.98 Å². The summed E-state index contributed by atoms with van der Waals surface area (Å²) in [5.74, 6) is 0. The fraction of sp³-hybridized carbons (Fsp3) is 0.400. The van der Waals surface area contributed by atoms with Crippen molar-refractivity contribution in [3.8, 4) is 0 Å². The molecule has 0 spiro atoms. The Labute approximate surface area is 118 Å². The number of hydrogen-bond acceptors (Lipinski definition) is 4. The molecule has 0 atom stereocenters. The van der Waals surface area contributed by atoms with Crippen LogP contribution in [0.3, 0.4) is 0 Å². The van der Waals surface area contributed by atoms with Crippen LogP contribution in [-0.4, -0.2) is 18.1 Å². The normalized spacial score (nSPS) is 14.6. The van der Waals surface area contributed by atoms with Crippen molar-refractivity contribution in [1.82, 2.24) is 10.3 Å². The molecule has 100 valence electrons. The second kappa shape index (κ2) is 5.31. The van der Waals surface area contributed by atoms with Crippen molar-refractivity contribution < 1.29 is 0 Å². The van der Waals surface area contributed by atoms with Crippen LogP contribution in [0, 0.1) is 6.92 Å². The predicted molar refractivity (Wildman–Crippen MR) is 81.2 cm³/mol. The summed E-state index contributed by atoms with van der Waals surface area (Å²) in [6, 6.07) is 9.28. The van der Waals surface area contributed by atoms with E-state index in [1.54, 1.807) is 11.3 Å². The largest absolute Gasteiger partial charge is 0.321 e. The van der Waals surface area contributed by atoms with Crippen molar-refractivity contribution in [2.75, 3.05) is 11.9 Å². The molecule has 19 heavy (non-hydrogen) atoms. The highest BCUT2D eigenvalue weighted by molar-refractivity contribution is 7.13. The minimum absolute atomic E-state index is 0.736. The smallest absolute Gasteiger partial charge is 0.189 e. The number of nitrogens with one attached hydrogen (secondary N) is 1. The molecule has 1 aromatic heterocycles. The van der Waals surface area contributed by atoms with Gasteiger partial charge in [-0.1, -0.05) is 17.7 Å². The van der Waals surface area contributed by atoms with Gasteiger partial charge in [0.05, 0.1) is 5.69 Å². The zero-order valence-corrected chi connectivity index (χ0v) is 12.2. The van der Waals surface area contributed by atoms with E-state index < -0.39 is 0 Å². The zero-order chi connectivity index (χ0) is 13.2. The van der Waals surface area contributed by atoms with Gasteiger partial charge in [0.25, 0.3) is 0 Å². The van der Waals surface area contributed by atoms with Gasteiger partial charge < -0.3 is 10.2 Å². The summed E-state index contributed by atoms with van der Waals surface area (Å²) in [5.41, 5.74) is 3.61. The number of benzene rings is 1. The highest BCUT2D eigenvalue weighted by Crippen LogP contribution is 2.27. The van der Waals surface area contributed by atoms with Gasteiger partial charge in [0.2, 0.25) is 0 Å². The van der Waals surface area contributed by atoms with E-state index in [2.05, 4.69) is 53.8 Å². The van der Waals surface area contributed by atoms with Gasteiger partial charge >= 0.3 is 0 Å². The van der Waals surface area contributed by atoms with E-state index in [1.807, 2.05) is 0 Å². The van der Waals surface area contributed by atoms with Crippen molar-refractivity contribution in [3.63, 3.8) is 0 Å². The lowest BCUT2D eigenvalue weighted by Crippen LogP contribution is -2.16. The van der Waals surface area contributed by atoms with Crippen LogP contribution in [0.1, 0.15) is 24.1 Å². The molecule has 0 radical (unpaired) electrons. The predicted octanol–water partition coefficient (Wildman–Crippen LogP) is 3.47. The molecular weight excluding hydrogens is 254 g/mol. The minimum Gasteiger partial charge on any atom is -0.321 e. The van der Waals surface area contributed by atoms with Crippen LogP contribution in [0.5, 0.6) is 0 Å². The number of rotatable bonds is 5. The van der Waals surface area contributed by atoms with E-state index in [-0.39, 0.29) is 0 Å². The standard InChI is InChI=1S/C15H19N3S/c1-11-3-7-14(8-4-11)18(2)15-17-13(10-19-15)9-16-12-5-6-12/h3-4,7-8,10,12,16H,5-6,9H2,1-2H3. The van der Waals surface area contributed by atoms with E-state index in [0.717, 1.165) is 23.4 Å². The zero-order valence-electron chi connectivity index (χ0n) is 11.4. The summed E-state index contributed by atoms with van der Waals surface area (Å²) in [6.07, 6.45) is 2.64. The molecule has 2 aromatic rings. The third-order valence-corrected chi connectivity index (χ3v) is 4.36. The Bertz CT molecular complexity index is 543. The average molecular weight is 273 g/mol. The Morgan fingerprint density at radius 1 is 1.32 bits per heavy atom. The molecular formula is C15H19N3S. The average Bonchev–Trinajstić information content (AvgIpc) is 3.13. The van der Waals surface area contributed by atoms with Crippen molar-refractivity contribution in [1.29, 1.82) is 0 Å². The molecule has 1 aromatic carbocycles. The first-order chi connectivity index (χ1) is 9.22. The maximum absolute atomic E-state index is 4.69. The number of anilines is 2. The maximum Gasteiger partial charge on any atom is 0.189 e. The second-order valence-electron chi connectivity index (χ2n) is 5.17. The quantitative estimate of drug-likeness (QED) is 0.904. The molecule has 4 heteroatoms. The summed E-state index contributed by atoms with van der Waals surface area (Å²) in [4.78, 5) is 6.83. The van der Waals surface area contributed by atoms with Crippen molar-refractivity contribution in [3.05, 3.63) is 40.9 Å². The van der Waals surface area contributed by atoms with Crippen LogP contribution < -0.4 is 10.2 Å². The van der Waals surface area contributed by atoms with Gasteiger partial charge in [-0.3, -0.25) is 0 Å². The highest BCUT2D eigenvalue weighted by Gasteiger charge is 2.20. The van der Waals surface area contributed by atoms with Crippen LogP contribution in [-0.2, 0) is 6.54 Å². The Balaban J connectivity index is 1.68. The van der Waals surface area contributed by atoms with Crippen LogP contribution in [0.2, 0.25) is 0 Å². The Morgan fingerprint density at radius 3 is 2.74 bits per heavy atom. The fourth-order valence-corrected chi connectivity index (χ4v) is 2.76. The van der Waals surface area contributed by atoms with Crippen LogP contribution in [0.25, 0.3) is 0 Å². The maximum atomic E-state index is 4.69. The van der Waals surface area contributed by atoms with Crippen LogP contribution in [0.15, 0.2) is 29.6 Å². The summed E-state index contributed by atoms with van der Waals surface area (Å²) in [6.45, 7) is 3.00. The number of nitrogens with zero attached hydrogens (tertiary/aromatic N) is 2. The first kappa shape index (κ1) is 12.6. The fourth-order valence-electron chi connectivity index (χ4n) is 1.95. The molecule has 3 rings (SSSR count). The van der Waals surface area contributed by atoms with Gasteiger partial charge in [-0.15, -0.1) is 11.3 Å². The molecule has 3 nitrogen and oxygen atoms in total. The number of hydrogen-bond donors (Lipinski definition) is 1. The Kier molecular flexibility index (Phi) is 3.53. The lowest BCUT2D eigenvalue weighted by atomic mass is 10.2. The van der Waals surface area contributed by atoms with Gasteiger partial charge in [0.1, 0.15) is 0 Å². The number of aromatic nitrogens is 1. The first-order valence-corrected chi connectivity index (χ1v) is 7.58. The van der Waals surface area contributed by atoms with Gasteiger partial charge in [-0.05, 0) is 31.9 Å². The summed E-state index contributed by atoms with van der Waals surface area (Å²) < 4.78 is 0. The SMILES string of the molecule is Cc1ccc(N(C)c2nc(CNC3CC3)cs2)cc1. The third kappa shape index (κ3) is 3.14. The van der Waals surface area contributed by atoms with Crippen LogP contribution in [0.4, 0.5) is 10.8 Å². The van der Waals surface area contributed by atoms with Crippen LogP contribution >= 0.6 is 11.3 Å². The molecule has 1 heterocycles. The molecule has 1 saturated carbocycles. The minimum atomic E-state index is 0.736. The third-order valence-electron chi connectivity index (χ3n) is 3.40. The molecule has 1 aliphatic carbocycles. The molecule has 0 aliphatic heterocycles. The van der Waals surface area contributed by atoms with E-state index >= 15 is 0 Å². The van der Waals surface area contributed by atoms with Gasteiger partial charge in [-0.25, -0.2) is 4.98 Å². The highest BCUT2D eigenvalue weighted by atomic mass is 32.1. The van der Waals surface area contributed by atoms with Gasteiger partial charge in [0.15, 0.2) is 5.13 Å². The van der Waals surface area contributed by atoms with Crippen molar-refractivity contribution >= 4 is 22.2 Å². The molecule has 0 saturated heterocycles. The van der Waals surface area contributed by atoms with Gasteiger partial charge in [-0.2, -0.15) is 0 Å². The Hall–Kier alpha value is -1.39. The summed E-state index contributed by atoms with van der Waals surface area (Å²) >= 11 is 1.70. The first-order valence-electron chi connectivity index (χ1n) is 6.70. The number of thiazole rings is 1. The van der Waals surface area contributed by atoms with Crippen molar-refractivity contribution in [2.45, 2.75) is 32.4 Å². The van der Waals surface area contributed by atoms with E-state index in [1.165, 1.54) is 24.1 Å². The Morgan fingerprint density at radius 2 is 2.05 bits per heavy atom. The van der Waals surface area contributed by atoms with E-state index in [0.29, 0.717) is 0 Å². The number of aryl methyl sites for hydroxylation is 1. The van der Waals surface area contributed by atoms with Crippen molar-refractivity contribution in [2.24, 2.45) is 0 Å². The molecule has 0 unspecified atom stereocenters. The summed E-state index contributed by atoms with van der Waals surface area (Å²) in [5, 5.41) is 6.70. The topological polar surface area (TPSA) is 28.2 Å². The molecule has 0 bridgehead atoms. The molecule has 1 fully saturated rings. The second-order valence-corrected chi connectivity index (χ2v) is 6.01. The molecule has 1 aliphatic rings.